The lowest BCUT2D eigenvalue weighted by Crippen LogP contribution is -2.23. The van der Waals surface area contributed by atoms with Crippen LogP contribution in [-0.4, -0.2) is 16.0 Å². The van der Waals surface area contributed by atoms with E-state index in [-0.39, 0.29) is 11.3 Å². The minimum Gasteiger partial charge on any atom is -0.327 e. The van der Waals surface area contributed by atoms with Crippen LogP contribution >= 0.6 is 11.8 Å². The van der Waals surface area contributed by atoms with Crippen molar-refractivity contribution in [3.8, 4) is 0 Å². The van der Waals surface area contributed by atoms with Crippen molar-refractivity contribution in [2.45, 2.75) is 23.2 Å². The fourth-order valence-electron chi connectivity index (χ4n) is 1.53. The second kappa shape index (κ2) is 5.80. The molecule has 0 bridgehead atoms. The molecule has 2 unspecified atom stereocenters. The molecule has 2 rings (SSSR count). The predicted molar refractivity (Wildman–Crippen MR) is 70.7 cm³/mol. The lowest BCUT2D eigenvalue weighted by molar-refractivity contribution is 0.704. The van der Waals surface area contributed by atoms with E-state index in [2.05, 4.69) is 9.97 Å². The third kappa shape index (κ3) is 3.28. The Bertz CT molecular complexity index is 445. The molecule has 17 heavy (non-hydrogen) atoms. The van der Waals surface area contributed by atoms with Gasteiger partial charge in [0.1, 0.15) is 0 Å². The maximum absolute atomic E-state index is 6.03. The Morgan fingerprint density at radius 1 is 1.06 bits per heavy atom. The molecule has 0 aromatic carbocycles. The first kappa shape index (κ1) is 12.1. The van der Waals surface area contributed by atoms with Crippen molar-refractivity contribution in [3.63, 3.8) is 0 Å². The largest absolute Gasteiger partial charge is 0.327 e. The molecule has 0 aliphatic rings. The van der Waals surface area contributed by atoms with Gasteiger partial charge in [-0.3, -0.25) is 4.98 Å². The van der Waals surface area contributed by atoms with Crippen LogP contribution in [0, 0.1) is 0 Å². The zero-order valence-corrected chi connectivity index (χ0v) is 10.5. The zero-order chi connectivity index (χ0) is 12.1. The number of hydrogen-bond acceptors (Lipinski definition) is 4. The molecule has 0 aliphatic carbocycles. The van der Waals surface area contributed by atoms with Crippen LogP contribution < -0.4 is 5.73 Å². The number of pyridine rings is 2. The predicted octanol–water partition coefficient (Wildman–Crippen LogP) is 2.66. The van der Waals surface area contributed by atoms with Crippen LogP contribution in [0.2, 0.25) is 0 Å². The summed E-state index contributed by atoms with van der Waals surface area (Å²) in [5, 5.41) is 1.10. The Balaban J connectivity index is 2.20. The normalized spacial score (nSPS) is 14.2. The Hall–Kier alpha value is -1.39. The minimum atomic E-state index is 0.0249. The number of aromatic nitrogens is 2. The fourth-order valence-corrected chi connectivity index (χ4v) is 2.54. The SMILES string of the molecule is CC(N)C(Sc1ccccn1)c1ccccn1. The maximum Gasteiger partial charge on any atom is 0.0966 e. The number of nitrogens with zero attached hydrogens (tertiary/aromatic N) is 2. The Morgan fingerprint density at radius 3 is 2.29 bits per heavy atom. The molecule has 0 radical (unpaired) electrons. The fraction of sp³-hybridized carbons (Fsp3) is 0.231. The van der Waals surface area contributed by atoms with E-state index in [1.807, 2.05) is 43.3 Å². The highest BCUT2D eigenvalue weighted by molar-refractivity contribution is 7.99. The molecule has 0 spiro atoms. The van der Waals surface area contributed by atoms with E-state index >= 15 is 0 Å². The first-order valence-corrected chi connectivity index (χ1v) is 6.39. The lowest BCUT2D eigenvalue weighted by Gasteiger charge is -2.19. The topological polar surface area (TPSA) is 51.8 Å². The summed E-state index contributed by atoms with van der Waals surface area (Å²) >= 11 is 1.65. The van der Waals surface area contributed by atoms with Gasteiger partial charge >= 0.3 is 0 Å². The van der Waals surface area contributed by atoms with Crippen molar-refractivity contribution in [2.75, 3.05) is 0 Å². The number of thioether (sulfide) groups is 1. The van der Waals surface area contributed by atoms with Gasteiger partial charge in [-0.25, -0.2) is 4.98 Å². The third-order valence-corrected chi connectivity index (χ3v) is 3.75. The second-order valence-electron chi connectivity index (χ2n) is 3.82. The van der Waals surface area contributed by atoms with Gasteiger partial charge in [-0.15, -0.1) is 0 Å². The molecule has 0 saturated carbocycles. The highest BCUT2D eigenvalue weighted by Crippen LogP contribution is 2.34. The van der Waals surface area contributed by atoms with Crippen molar-refractivity contribution in [2.24, 2.45) is 5.73 Å². The van der Waals surface area contributed by atoms with E-state index < -0.39 is 0 Å². The number of rotatable bonds is 4. The van der Waals surface area contributed by atoms with Gasteiger partial charge in [0.2, 0.25) is 0 Å². The average Bonchev–Trinajstić information content (AvgIpc) is 2.38. The van der Waals surface area contributed by atoms with Gasteiger partial charge in [0, 0.05) is 18.4 Å². The van der Waals surface area contributed by atoms with Crippen LogP contribution in [-0.2, 0) is 0 Å². The van der Waals surface area contributed by atoms with Crippen LogP contribution in [0.15, 0.2) is 53.8 Å². The van der Waals surface area contributed by atoms with Gasteiger partial charge in [0.15, 0.2) is 0 Å². The molecular weight excluding hydrogens is 230 g/mol. The van der Waals surface area contributed by atoms with Crippen molar-refractivity contribution < 1.29 is 0 Å². The molecule has 2 aromatic heterocycles. The molecule has 4 heteroatoms. The van der Waals surface area contributed by atoms with Crippen molar-refractivity contribution in [3.05, 3.63) is 54.5 Å². The zero-order valence-electron chi connectivity index (χ0n) is 9.65. The first-order valence-electron chi connectivity index (χ1n) is 5.51. The summed E-state index contributed by atoms with van der Waals surface area (Å²) in [4.78, 5) is 8.67. The molecule has 0 aliphatic heterocycles. The first-order chi connectivity index (χ1) is 8.27. The Labute approximate surface area is 105 Å². The van der Waals surface area contributed by atoms with Gasteiger partial charge in [-0.05, 0) is 31.2 Å². The molecule has 2 heterocycles. The van der Waals surface area contributed by atoms with Crippen LogP contribution in [0.1, 0.15) is 17.9 Å². The van der Waals surface area contributed by atoms with Crippen LogP contribution in [0.4, 0.5) is 0 Å². The van der Waals surface area contributed by atoms with E-state index in [0.717, 1.165) is 10.7 Å². The molecule has 2 atom stereocenters. The van der Waals surface area contributed by atoms with Gasteiger partial charge < -0.3 is 5.73 Å². The van der Waals surface area contributed by atoms with Crippen LogP contribution in [0.3, 0.4) is 0 Å². The highest BCUT2D eigenvalue weighted by Gasteiger charge is 2.19. The quantitative estimate of drug-likeness (QED) is 0.841. The maximum atomic E-state index is 6.03. The van der Waals surface area contributed by atoms with Crippen molar-refractivity contribution >= 4 is 11.8 Å². The monoisotopic (exact) mass is 245 g/mol. The molecule has 0 fully saturated rings. The van der Waals surface area contributed by atoms with Gasteiger partial charge in [-0.2, -0.15) is 0 Å². The molecule has 3 nitrogen and oxygen atoms in total. The summed E-state index contributed by atoms with van der Waals surface area (Å²) < 4.78 is 0. The molecule has 0 amide bonds. The van der Waals surface area contributed by atoms with E-state index in [4.69, 9.17) is 5.73 Å². The van der Waals surface area contributed by atoms with E-state index in [1.165, 1.54) is 0 Å². The number of nitrogens with two attached hydrogens (primary N) is 1. The van der Waals surface area contributed by atoms with Gasteiger partial charge in [0.25, 0.3) is 0 Å². The summed E-state index contributed by atoms with van der Waals surface area (Å²) in [7, 11) is 0. The molecule has 2 aromatic rings. The molecule has 0 saturated heterocycles. The summed E-state index contributed by atoms with van der Waals surface area (Å²) in [6.07, 6.45) is 3.59. The summed E-state index contributed by atoms with van der Waals surface area (Å²) in [5.74, 6) is 0. The van der Waals surface area contributed by atoms with E-state index in [9.17, 15) is 0 Å². The van der Waals surface area contributed by atoms with Crippen molar-refractivity contribution in [1.82, 2.24) is 9.97 Å². The Morgan fingerprint density at radius 2 is 1.76 bits per heavy atom. The highest BCUT2D eigenvalue weighted by atomic mass is 32.2. The third-order valence-electron chi connectivity index (χ3n) is 2.34. The molecular formula is C13H15N3S. The lowest BCUT2D eigenvalue weighted by atomic mass is 10.2. The smallest absolute Gasteiger partial charge is 0.0966 e. The molecule has 88 valence electrons. The average molecular weight is 245 g/mol. The Kier molecular flexibility index (Phi) is 4.12. The van der Waals surface area contributed by atoms with E-state index in [1.54, 1.807) is 24.2 Å². The minimum absolute atomic E-state index is 0.0249. The summed E-state index contributed by atoms with van der Waals surface area (Å²) in [5.41, 5.74) is 7.03. The van der Waals surface area contributed by atoms with Crippen LogP contribution in [0.5, 0.6) is 0 Å². The standard InChI is InChI=1S/C13H15N3S/c1-10(14)13(11-6-2-4-8-15-11)17-12-7-3-5-9-16-12/h2-10,13H,14H2,1H3. The molecule has 2 N–H and O–H groups in total. The summed E-state index contributed by atoms with van der Waals surface area (Å²) in [6.45, 7) is 2.00. The van der Waals surface area contributed by atoms with Gasteiger partial charge in [-0.1, -0.05) is 23.9 Å². The van der Waals surface area contributed by atoms with Crippen molar-refractivity contribution in [1.29, 1.82) is 0 Å². The van der Waals surface area contributed by atoms with Crippen LogP contribution in [0.25, 0.3) is 0 Å². The second-order valence-corrected chi connectivity index (χ2v) is 4.98. The van der Waals surface area contributed by atoms with E-state index in [0.29, 0.717) is 0 Å². The number of hydrogen-bond donors (Lipinski definition) is 1. The van der Waals surface area contributed by atoms with Gasteiger partial charge in [0.05, 0.1) is 16.0 Å². The summed E-state index contributed by atoms with van der Waals surface area (Å²) in [6, 6.07) is 11.8.